The van der Waals surface area contributed by atoms with Gasteiger partial charge in [-0.05, 0) is 24.5 Å². The summed E-state index contributed by atoms with van der Waals surface area (Å²) in [5.41, 5.74) is 1.36. The van der Waals surface area contributed by atoms with Crippen LogP contribution in [-0.4, -0.2) is 31.5 Å². The number of hydrogen-bond donors (Lipinski definition) is 2. The lowest BCUT2D eigenvalue weighted by atomic mass is 10.2. The van der Waals surface area contributed by atoms with Gasteiger partial charge in [0.15, 0.2) is 0 Å². The molecule has 1 unspecified atom stereocenters. The van der Waals surface area contributed by atoms with E-state index in [1.54, 1.807) is 11.3 Å². The fourth-order valence-electron chi connectivity index (χ4n) is 2.01. The molecular weight excluding hydrogens is 246 g/mol. The molecule has 90 valence electrons. The van der Waals surface area contributed by atoms with Gasteiger partial charge in [0, 0.05) is 17.5 Å². The second kappa shape index (κ2) is 5.98. The third kappa shape index (κ3) is 2.96. The number of ether oxygens (including phenoxy) is 1. The van der Waals surface area contributed by atoms with Gasteiger partial charge in [0.2, 0.25) is 0 Å². The van der Waals surface area contributed by atoms with Gasteiger partial charge in [-0.25, -0.2) is 0 Å². The summed E-state index contributed by atoms with van der Waals surface area (Å²) in [5.74, 6) is 0. The van der Waals surface area contributed by atoms with Crippen molar-refractivity contribution in [3.05, 3.63) is 20.8 Å². The number of thiophene rings is 1. The molecule has 1 aliphatic rings. The van der Waals surface area contributed by atoms with Crippen LogP contribution in [-0.2, 0) is 11.2 Å². The molecule has 0 fully saturated rings. The molecule has 0 radical (unpaired) electrons. The molecule has 3 nitrogen and oxygen atoms in total. The van der Waals surface area contributed by atoms with E-state index in [1.165, 1.54) is 10.4 Å². The molecule has 0 amide bonds. The predicted molar refractivity (Wildman–Crippen MR) is 66.3 cm³/mol. The molecular formula is C11H16ClNO2S. The highest BCUT2D eigenvalue weighted by atomic mass is 35.5. The van der Waals surface area contributed by atoms with Crippen LogP contribution < -0.4 is 5.32 Å². The highest BCUT2D eigenvalue weighted by Crippen LogP contribution is 2.39. The molecule has 0 saturated carbocycles. The van der Waals surface area contributed by atoms with Gasteiger partial charge >= 0.3 is 0 Å². The van der Waals surface area contributed by atoms with Crippen LogP contribution in [0.2, 0.25) is 4.34 Å². The average molecular weight is 262 g/mol. The molecule has 0 aliphatic heterocycles. The van der Waals surface area contributed by atoms with Crippen LogP contribution >= 0.6 is 22.9 Å². The molecule has 0 aromatic carbocycles. The summed E-state index contributed by atoms with van der Waals surface area (Å²) in [7, 11) is 0. The Morgan fingerprint density at radius 2 is 2.44 bits per heavy atom. The summed E-state index contributed by atoms with van der Waals surface area (Å²) in [4.78, 5) is 1.42. The Morgan fingerprint density at radius 1 is 1.56 bits per heavy atom. The number of aliphatic hydroxyl groups excluding tert-OH is 1. The summed E-state index contributed by atoms with van der Waals surface area (Å²) in [6.45, 7) is 1.97. The fourth-order valence-corrected chi connectivity index (χ4v) is 3.37. The van der Waals surface area contributed by atoms with Gasteiger partial charge in [0.05, 0.1) is 24.2 Å². The van der Waals surface area contributed by atoms with E-state index in [9.17, 15) is 0 Å². The van der Waals surface area contributed by atoms with Gasteiger partial charge in [-0.1, -0.05) is 11.6 Å². The lowest BCUT2D eigenvalue weighted by Crippen LogP contribution is -2.24. The SMILES string of the molecule is OCCOCCNC1CCc2sc(Cl)cc21. The van der Waals surface area contributed by atoms with Crippen molar-refractivity contribution in [2.24, 2.45) is 0 Å². The first-order valence-electron chi connectivity index (χ1n) is 5.51. The molecule has 0 bridgehead atoms. The Hall–Kier alpha value is -0.130. The quantitative estimate of drug-likeness (QED) is 0.770. The van der Waals surface area contributed by atoms with Crippen LogP contribution in [0.15, 0.2) is 6.07 Å². The largest absolute Gasteiger partial charge is 0.394 e. The van der Waals surface area contributed by atoms with Crippen molar-refractivity contribution in [1.29, 1.82) is 0 Å². The standard InChI is InChI=1S/C11H16ClNO2S/c12-11-7-8-9(1-2-10(8)16-11)13-3-5-15-6-4-14/h7,9,13-14H,1-6H2. The number of halogens is 1. The van der Waals surface area contributed by atoms with Crippen LogP contribution in [0.3, 0.4) is 0 Å². The third-order valence-electron chi connectivity index (χ3n) is 2.72. The van der Waals surface area contributed by atoms with Crippen molar-refractivity contribution in [3.8, 4) is 0 Å². The van der Waals surface area contributed by atoms with Crippen molar-refractivity contribution in [2.75, 3.05) is 26.4 Å². The maximum atomic E-state index is 8.55. The smallest absolute Gasteiger partial charge is 0.0934 e. The maximum Gasteiger partial charge on any atom is 0.0934 e. The predicted octanol–water partition coefficient (Wildman–Crippen LogP) is 1.99. The van der Waals surface area contributed by atoms with Crippen LogP contribution in [0, 0.1) is 0 Å². The molecule has 16 heavy (non-hydrogen) atoms. The van der Waals surface area contributed by atoms with E-state index in [0.717, 1.165) is 23.7 Å². The molecule has 0 saturated heterocycles. The minimum atomic E-state index is 0.0910. The van der Waals surface area contributed by atoms with E-state index in [0.29, 0.717) is 19.3 Å². The maximum absolute atomic E-state index is 8.55. The lowest BCUT2D eigenvalue weighted by molar-refractivity contribution is 0.0926. The van der Waals surface area contributed by atoms with E-state index in [2.05, 4.69) is 11.4 Å². The monoisotopic (exact) mass is 261 g/mol. The van der Waals surface area contributed by atoms with E-state index < -0.39 is 0 Å². The van der Waals surface area contributed by atoms with Crippen molar-refractivity contribution >= 4 is 22.9 Å². The summed E-state index contributed by atoms with van der Waals surface area (Å²) in [5, 5.41) is 12.0. The van der Waals surface area contributed by atoms with E-state index in [4.69, 9.17) is 21.4 Å². The number of nitrogens with one attached hydrogen (secondary N) is 1. The number of aryl methyl sites for hydroxylation is 1. The Kier molecular flexibility index (Phi) is 4.61. The molecule has 1 atom stereocenters. The normalized spacial score (nSPS) is 19.0. The second-order valence-electron chi connectivity index (χ2n) is 3.81. The molecule has 1 aromatic heterocycles. The van der Waals surface area contributed by atoms with E-state index >= 15 is 0 Å². The molecule has 2 rings (SSSR count). The lowest BCUT2D eigenvalue weighted by Gasteiger charge is -2.12. The van der Waals surface area contributed by atoms with Gasteiger partial charge < -0.3 is 15.2 Å². The van der Waals surface area contributed by atoms with E-state index in [1.807, 2.05) is 0 Å². The van der Waals surface area contributed by atoms with Crippen molar-refractivity contribution in [2.45, 2.75) is 18.9 Å². The van der Waals surface area contributed by atoms with Gasteiger partial charge in [-0.2, -0.15) is 0 Å². The minimum absolute atomic E-state index is 0.0910. The molecule has 1 aromatic rings. The summed E-state index contributed by atoms with van der Waals surface area (Å²) >= 11 is 7.67. The molecule has 0 spiro atoms. The number of aliphatic hydroxyl groups is 1. The Morgan fingerprint density at radius 3 is 3.25 bits per heavy atom. The first-order valence-corrected chi connectivity index (χ1v) is 6.71. The number of fused-ring (bicyclic) bond motifs is 1. The second-order valence-corrected chi connectivity index (χ2v) is 5.58. The highest BCUT2D eigenvalue weighted by molar-refractivity contribution is 7.16. The first kappa shape index (κ1) is 12.3. The molecule has 1 heterocycles. The molecule has 1 aliphatic carbocycles. The summed E-state index contributed by atoms with van der Waals surface area (Å²) in [6.07, 6.45) is 2.28. The van der Waals surface area contributed by atoms with Crippen LogP contribution in [0.25, 0.3) is 0 Å². The van der Waals surface area contributed by atoms with Crippen molar-refractivity contribution < 1.29 is 9.84 Å². The zero-order valence-electron chi connectivity index (χ0n) is 9.04. The highest BCUT2D eigenvalue weighted by Gasteiger charge is 2.24. The zero-order valence-corrected chi connectivity index (χ0v) is 10.6. The first-order chi connectivity index (χ1) is 7.81. The molecule has 5 heteroatoms. The zero-order chi connectivity index (χ0) is 11.4. The van der Waals surface area contributed by atoms with Crippen LogP contribution in [0.1, 0.15) is 22.9 Å². The molecule has 2 N–H and O–H groups in total. The van der Waals surface area contributed by atoms with Crippen LogP contribution in [0.5, 0.6) is 0 Å². The summed E-state index contributed by atoms with van der Waals surface area (Å²) < 4.78 is 6.08. The number of rotatable bonds is 6. The Balaban J connectivity index is 1.75. The van der Waals surface area contributed by atoms with Gasteiger partial charge in [-0.3, -0.25) is 0 Å². The minimum Gasteiger partial charge on any atom is -0.394 e. The Bertz CT molecular complexity index is 343. The fraction of sp³-hybridized carbons (Fsp3) is 0.636. The number of hydrogen-bond acceptors (Lipinski definition) is 4. The van der Waals surface area contributed by atoms with E-state index in [-0.39, 0.29) is 6.61 Å². The summed E-state index contributed by atoms with van der Waals surface area (Å²) in [6, 6.07) is 2.50. The van der Waals surface area contributed by atoms with Crippen molar-refractivity contribution in [3.63, 3.8) is 0 Å². The Labute approximate surface area is 104 Å². The average Bonchev–Trinajstić information content (AvgIpc) is 2.78. The third-order valence-corrected chi connectivity index (χ3v) is 4.06. The van der Waals surface area contributed by atoms with Gasteiger partial charge in [0.25, 0.3) is 0 Å². The van der Waals surface area contributed by atoms with Crippen LogP contribution in [0.4, 0.5) is 0 Å². The van der Waals surface area contributed by atoms with Gasteiger partial charge in [0.1, 0.15) is 0 Å². The van der Waals surface area contributed by atoms with Gasteiger partial charge in [-0.15, -0.1) is 11.3 Å². The van der Waals surface area contributed by atoms with Crippen molar-refractivity contribution in [1.82, 2.24) is 5.32 Å². The topological polar surface area (TPSA) is 41.5 Å².